The predicted molar refractivity (Wildman–Crippen MR) is 134 cm³/mol. The van der Waals surface area contributed by atoms with E-state index in [-0.39, 0.29) is 30.7 Å². The molecule has 0 bridgehead atoms. The van der Waals surface area contributed by atoms with E-state index in [0.29, 0.717) is 18.7 Å². The van der Waals surface area contributed by atoms with Crippen molar-refractivity contribution in [1.29, 1.82) is 0 Å². The first-order chi connectivity index (χ1) is 16.7. The van der Waals surface area contributed by atoms with Crippen molar-refractivity contribution in [2.24, 2.45) is 0 Å². The standard InChI is InChI=1S/C27H37N3O5/c1-27(2,3)35-26(34)29-17-10-8-6-5-7-9-12-20-13-11-14-22-23(20)18-30(25(22)33)21(19-31)15-16-24(32)28-4/h11,13-14,19,21H,5-8,10,15-18H2,1-4H3,(H,28,32)(H,29,34). The van der Waals surface area contributed by atoms with Crippen LogP contribution < -0.4 is 10.6 Å². The van der Waals surface area contributed by atoms with Gasteiger partial charge in [0.15, 0.2) is 0 Å². The third-order valence-electron chi connectivity index (χ3n) is 5.62. The molecule has 35 heavy (non-hydrogen) atoms. The molecule has 0 aromatic heterocycles. The van der Waals surface area contributed by atoms with Crippen molar-refractivity contribution < 1.29 is 23.9 Å². The number of hydrogen-bond donors (Lipinski definition) is 2. The highest BCUT2D eigenvalue weighted by atomic mass is 16.6. The zero-order chi connectivity index (χ0) is 25.8. The van der Waals surface area contributed by atoms with Crippen LogP contribution in [0.2, 0.25) is 0 Å². The molecule has 0 saturated carbocycles. The minimum Gasteiger partial charge on any atom is -0.444 e. The quantitative estimate of drug-likeness (QED) is 0.284. The number of ether oxygens (including phenoxy) is 1. The number of aldehydes is 1. The van der Waals surface area contributed by atoms with Gasteiger partial charge in [-0.05, 0) is 57.7 Å². The molecular weight excluding hydrogens is 446 g/mol. The zero-order valence-electron chi connectivity index (χ0n) is 21.2. The molecule has 0 aliphatic carbocycles. The largest absolute Gasteiger partial charge is 0.444 e. The number of nitrogens with zero attached hydrogens (tertiary/aromatic N) is 1. The Morgan fingerprint density at radius 1 is 1.20 bits per heavy atom. The van der Waals surface area contributed by atoms with Gasteiger partial charge in [-0.15, -0.1) is 0 Å². The maximum absolute atomic E-state index is 12.9. The van der Waals surface area contributed by atoms with Gasteiger partial charge in [0, 0.05) is 44.1 Å². The van der Waals surface area contributed by atoms with E-state index in [1.54, 1.807) is 13.1 Å². The molecule has 1 aliphatic rings. The van der Waals surface area contributed by atoms with E-state index < -0.39 is 11.6 Å². The topological polar surface area (TPSA) is 105 Å². The van der Waals surface area contributed by atoms with Crippen molar-refractivity contribution in [1.82, 2.24) is 15.5 Å². The van der Waals surface area contributed by atoms with E-state index in [2.05, 4.69) is 22.5 Å². The van der Waals surface area contributed by atoms with Gasteiger partial charge >= 0.3 is 6.09 Å². The second-order valence-corrected chi connectivity index (χ2v) is 9.57. The fraction of sp³-hybridized carbons (Fsp3) is 0.556. The van der Waals surface area contributed by atoms with Crippen molar-refractivity contribution in [3.8, 4) is 11.8 Å². The summed E-state index contributed by atoms with van der Waals surface area (Å²) < 4.78 is 5.20. The lowest BCUT2D eigenvalue weighted by Crippen LogP contribution is -2.37. The Kier molecular flexibility index (Phi) is 10.8. The molecule has 0 saturated heterocycles. The number of unbranched alkanes of at least 4 members (excludes halogenated alkanes) is 4. The number of fused-ring (bicyclic) bond motifs is 1. The summed E-state index contributed by atoms with van der Waals surface area (Å²) in [7, 11) is 1.55. The number of carbonyl (C=O) groups excluding carboxylic acids is 4. The van der Waals surface area contributed by atoms with E-state index in [9.17, 15) is 19.2 Å². The maximum atomic E-state index is 12.9. The highest BCUT2D eigenvalue weighted by Crippen LogP contribution is 2.28. The van der Waals surface area contributed by atoms with E-state index >= 15 is 0 Å². The summed E-state index contributed by atoms with van der Waals surface area (Å²) in [5.74, 6) is 6.02. The first-order valence-corrected chi connectivity index (χ1v) is 12.2. The third kappa shape index (κ3) is 9.08. The van der Waals surface area contributed by atoms with Crippen LogP contribution in [0.4, 0.5) is 4.79 Å². The summed E-state index contributed by atoms with van der Waals surface area (Å²) in [4.78, 5) is 49.2. The average molecular weight is 484 g/mol. The smallest absolute Gasteiger partial charge is 0.407 e. The predicted octanol–water partition coefficient (Wildman–Crippen LogP) is 3.56. The molecule has 0 radical (unpaired) electrons. The molecule has 1 unspecified atom stereocenters. The summed E-state index contributed by atoms with van der Waals surface area (Å²) in [6.07, 6.45) is 5.40. The molecule has 8 nitrogen and oxygen atoms in total. The molecule has 2 N–H and O–H groups in total. The minimum absolute atomic E-state index is 0.160. The second kappa shape index (κ2) is 13.5. The molecule has 190 valence electrons. The van der Waals surface area contributed by atoms with Crippen molar-refractivity contribution in [3.05, 3.63) is 34.9 Å². The maximum Gasteiger partial charge on any atom is 0.407 e. The highest BCUT2D eigenvalue weighted by Gasteiger charge is 2.33. The van der Waals surface area contributed by atoms with Crippen LogP contribution >= 0.6 is 0 Å². The molecule has 0 spiro atoms. The van der Waals surface area contributed by atoms with Crippen molar-refractivity contribution >= 4 is 24.2 Å². The number of nitrogens with one attached hydrogen (secondary N) is 2. The van der Waals surface area contributed by atoms with Gasteiger partial charge in [-0.1, -0.05) is 30.7 Å². The van der Waals surface area contributed by atoms with Crippen LogP contribution in [0.15, 0.2) is 18.2 Å². The van der Waals surface area contributed by atoms with Gasteiger partial charge in [0.1, 0.15) is 11.9 Å². The molecule has 2 rings (SSSR count). The lowest BCUT2D eigenvalue weighted by Gasteiger charge is -2.22. The molecule has 8 heteroatoms. The van der Waals surface area contributed by atoms with Gasteiger partial charge < -0.3 is 25.1 Å². The lowest BCUT2D eigenvalue weighted by atomic mass is 10.0. The van der Waals surface area contributed by atoms with Gasteiger partial charge in [-0.2, -0.15) is 0 Å². The normalized spacial score (nSPS) is 13.4. The van der Waals surface area contributed by atoms with Crippen LogP contribution in [0.1, 0.15) is 87.2 Å². The van der Waals surface area contributed by atoms with Gasteiger partial charge in [-0.25, -0.2) is 4.79 Å². The summed E-state index contributed by atoms with van der Waals surface area (Å²) in [6, 6.07) is 4.82. The Hall–Kier alpha value is -3.34. The van der Waals surface area contributed by atoms with Crippen LogP contribution in [0.3, 0.4) is 0 Å². The zero-order valence-corrected chi connectivity index (χ0v) is 21.2. The van der Waals surface area contributed by atoms with Crippen molar-refractivity contribution in [2.45, 2.75) is 83.9 Å². The first-order valence-electron chi connectivity index (χ1n) is 12.2. The van der Waals surface area contributed by atoms with Gasteiger partial charge in [0.2, 0.25) is 5.91 Å². The molecule has 1 aromatic carbocycles. The van der Waals surface area contributed by atoms with Crippen LogP contribution in [0.25, 0.3) is 0 Å². The van der Waals surface area contributed by atoms with Gasteiger partial charge in [0.25, 0.3) is 5.91 Å². The highest BCUT2D eigenvalue weighted by molar-refractivity contribution is 6.00. The minimum atomic E-state index is -0.641. The van der Waals surface area contributed by atoms with E-state index in [1.165, 1.54) is 4.90 Å². The molecule has 1 aromatic rings. The van der Waals surface area contributed by atoms with Crippen molar-refractivity contribution in [2.75, 3.05) is 13.6 Å². The molecular formula is C27H37N3O5. The Balaban J connectivity index is 1.79. The van der Waals surface area contributed by atoms with E-state index in [1.807, 2.05) is 32.9 Å². The van der Waals surface area contributed by atoms with Crippen LogP contribution in [-0.4, -0.2) is 54.3 Å². The fourth-order valence-electron chi connectivity index (χ4n) is 3.79. The number of carbonyl (C=O) groups is 4. The first kappa shape index (κ1) is 27.9. The number of benzene rings is 1. The van der Waals surface area contributed by atoms with Crippen molar-refractivity contribution in [3.63, 3.8) is 0 Å². The SMILES string of the molecule is CNC(=O)CCC(C=O)N1Cc2c(C#CCCCCCCNC(=O)OC(C)(C)C)cccc2C1=O. The van der Waals surface area contributed by atoms with Crippen LogP contribution in [0.5, 0.6) is 0 Å². The summed E-state index contributed by atoms with van der Waals surface area (Å²) >= 11 is 0. The van der Waals surface area contributed by atoms with Crippen LogP contribution in [0, 0.1) is 11.8 Å². The summed E-state index contributed by atoms with van der Waals surface area (Å²) in [5, 5.41) is 5.29. The molecule has 0 fully saturated rings. The number of hydrogen-bond acceptors (Lipinski definition) is 5. The average Bonchev–Trinajstić information content (AvgIpc) is 3.14. The second-order valence-electron chi connectivity index (χ2n) is 9.57. The Bertz CT molecular complexity index is 971. The molecule has 1 atom stereocenters. The molecule has 3 amide bonds. The fourth-order valence-corrected chi connectivity index (χ4v) is 3.79. The van der Waals surface area contributed by atoms with Crippen LogP contribution in [-0.2, 0) is 20.9 Å². The summed E-state index contributed by atoms with van der Waals surface area (Å²) in [6.45, 7) is 6.42. The lowest BCUT2D eigenvalue weighted by molar-refractivity contribution is -0.121. The number of amides is 3. The monoisotopic (exact) mass is 483 g/mol. The van der Waals surface area contributed by atoms with Gasteiger partial charge in [-0.3, -0.25) is 9.59 Å². The Labute approximate surface area is 208 Å². The Morgan fingerprint density at radius 2 is 1.94 bits per heavy atom. The number of alkyl carbamates (subject to hydrolysis) is 1. The van der Waals surface area contributed by atoms with E-state index in [4.69, 9.17) is 4.74 Å². The molecule has 1 aliphatic heterocycles. The Morgan fingerprint density at radius 3 is 2.63 bits per heavy atom. The third-order valence-corrected chi connectivity index (χ3v) is 5.62. The summed E-state index contributed by atoms with van der Waals surface area (Å²) in [5.41, 5.74) is 1.72. The number of rotatable bonds is 11. The van der Waals surface area contributed by atoms with Gasteiger partial charge in [0.05, 0.1) is 6.04 Å². The molecule has 1 heterocycles. The van der Waals surface area contributed by atoms with E-state index in [0.717, 1.165) is 49.5 Å².